The number of benzene rings is 2. The van der Waals surface area contributed by atoms with Gasteiger partial charge in [0, 0.05) is 11.6 Å². The van der Waals surface area contributed by atoms with Crippen LogP contribution in [0.3, 0.4) is 0 Å². The summed E-state index contributed by atoms with van der Waals surface area (Å²) in [7, 11) is 0. The lowest BCUT2D eigenvalue weighted by molar-refractivity contribution is 0.102. The molecule has 0 aliphatic carbocycles. The maximum atomic E-state index is 13.0. The van der Waals surface area contributed by atoms with Gasteiger partial charge in [-0.2, -0.15) is 0 Å². The number of anilines is 1. The molecule has 3 rings (SSSR count). The predicted octanol–water partition coefficient (Wildman–Crippen LogP) is 4.06. The first-order valence-electron chi connectivity index (χ1n) is 7.07. The van der Waals surface area contributed by atoms with Crippen LogP contribution in [0.2, 0.25) is 5.02 Å². The fourth-order valence-corrected chi connectivity index (χ4v) is 2.46. The molecule has 5 nitrogen and oxygen atoms in total. The van der Waals surface area contributed by atoms with E-state index < -0.39 is 5.82 Å². The highest BCUT2D eigenvalue weighted by atomic mass is 35.5. The van der Waals surface area contributed by atoms with Crippen molar-refractivity contribution < 1.29 is 9.18 Å². The molecule has 1 aromatic heterocycles. The van der Waals surface area contributed by atoms with Crippen molar-refractivity contribution in [2.45, 2.75) is 19.9 Å². The van der Waals surface area contributed by atoms with Gasteiger partial charge in [0.05, 0.1) is 16.2 Å². The van der Waals surface area contributed by atoms with Crippen LogP contribution in [0, 0.1) is 5.82 Å². The minimum absolute atomic E-state index is 0.144. The number of halogens is 2. The normalized spacial score (nSPS) is 11.2. The van der Waals surface area contributed by atoms with Crippen LogP contribution in [-0.2, 0) is 0 Å². The summed E-state index contributed by atoms with van der Waals surface area (Å²) >= 11 is 5.91. The van der Waals surface area contributed by atoms with Crippen LogP contribution < -0.4 is 5.32 Å². The standard InChI is InChI=1S/C16H14ClFN4O/c1-9(2)22-15-6-3-10(7-14(15)20-21-22)16(23)19-13-5-4-11(18)8-12(13)17/h3-9H,1-2H3,(H,19,23). The van der Waals surface area contributed by atoms with Gasteiger partial charge in [-0.25, -0.2) is 9.07 Å². The van der Waals surface area contributed by atoms with Gasteiger partial charge in [0.15, 0.2) is 0 Å². The first-order valence-corrected chi connectivity index (χ1v) is 7.45. The van der Waals surface area contributed by atoms with Crippen molar-refractivity contribution in [2.24, 2.45) is 0 Å². The van der Waals surface area contributed by atoms with E-state index in [1.807, 2.05) is 13.8 Å². The van der Waals surface area contributed by atoms with Gasteiger partial charge in [-0.3, -0.25) is 4.79 Å². The van der Waals surface area contributed by atoms with Gasteiger partial charge in [-0.05, 0) is 50.2 Å². The number of hydrogen-bond donors (Lipinski definition) is 1. The zero-order chi connectivity index (χ0) is 16.6. The van der Waals surface area contributed by atoms with Crippen molar-refractivity contribution in [1.82, 2.24) is 15.0 Å². The lowest BCUT2D eigenvalue weighted by atomic mass is 10.1. The number of amides is 1. The van der Waals surface area contributed by atoms with Crippen molar-refractivity contribution in [2.75, 3.05) is 5.32 Å². The van der Waals surface area contributed by atoms with E-state index in [0.717, 1.165) is 11.6 Å². The van der Waals surface area contributed by atoms with Gasteiger partial charge in [0.1, 0.15) is 11.3 Å². The Hall–Kier alpha value is -2.47. The Morgan fingerprint density at radius 3 is 2.74 bits per heavy atom. The number of carbonyl (C=O) groups excluding carboxylic acids is 1. The maximum absolute atomic E-state index is 13.0. The molecule has 0 saturated carbocycles. The zero-order valence-electron chi connectivity index (χ0n) is 12.5. The molecule has 0 spiro atoms. The van der Waals surface area contributed by atoms with E-state index in [0.29, 0.717) is 16.8 Å². The lowest BCUT2D eigenvalue weighted by Crippen LogP contribution is -2.12. The maximum Gasteiger partial charge on any atom is 0.255 e. The number of fused-ring (bicyclic) bond motifs is 1. The van der Waals surface area contributed by atoms with Crippen LogP contribution in [-0.4, -0.2) is 20.9 Å². The minimum atomic E-state index is -0.459. The Morgan fingerprint density at radius 1 is 1.26 bits per heavy atom. The number of carbonyl (C=O) groups is 1. The molecule has 3 aromatic rings. The minimum Gasteiger partial charge on any atom is -0.321 e. The third kappa shape index (κ3) is 3.03. The lowest BCUT2D eigenvalue weighted by Gasteiger charge is -2.08. The number of rotatable bonds is 3. The molecule has 0 aliphatic rings. The van der Waals surface area contributed by atoms with E-state index in [4.69, 9.17) is 11.6 Å². The quantitative estimate of drug-likeness (QED) is 0.787. The fourth-order valence-electron chi connectivity index (χ4n) is 2.25. The Bertz CT molecular complexity index is 891. The molecule has 0 bridgehead atoms. The van der Waals surface area contributed by atoms with Crippen LogP contribution >= 0.6 is 11.6 Å². The highest BCUT2D eigenvalue weighted by Gasteiger charge is 2.13. The summed E-state index contributed by atoms with van der Waals surface area (Å²) in [6, 6.07) is 9.14. The molecule has 1 amide bonds. The third-order valence-corrected chi connectivity index (χ3v) is 3.71. The first kappa shape index (κ1) is 15.4. The summed E-state index contributed by atoms with van der Waals surface area (Å²) in [6.07, 6.45) is 0. The second kappa shape index (κ2) is 5.96. The van der Waals surface area contributed by atoms with Gasteiger partial charge < -0.3 is 5.32 Å². The van der Waals surface area contributed by atoms with Crippen LogP contribution in [0.1, 0.15) is 30.2 Å². The second-order valence-electron chi connectivity index (χ2n) is 5.41. The average molecular weight is 333 g/mol. The fraction of sp³-hybridized carbons (Fsp3) is 0.188. The summed E-state index contributed by atoms with van der Waals surface area (Å²) in [4.78, 5) is 12.3. The third-order valence-electron chi connectivity index (χ3n) is 3.40. The highest BCUT2D eigenvalue weighted by molar-refractivity contribution is 6.33. The molecule has 0 fully saturated rings. The van der Waals surface area contributed by atoms with Crippen molar-refractivity contribution in [1.29, 1.82) is 0 Å². The van der Waals surface area contributed by atoms with Gasteiger partial charge in [-0.15, -0.1) is 5.10 Å². The highest BCUT2D eigenvalue weighted by Crippen LogP contribution is 2.24. The van der Waals surface area contributed by atoms with Gasteiger partial charge >= 0.3 is 0 Å². The van der Waals surface area contributed by atoms with Crippen LogP contribution in [0.25, 0.3) is 11.0 Å². The van der Waals surface area contributed by atoms with E-state index in [-0.39, 0.29) is 17.0 Å². The van der Waals surface area contributed by atoms with Crippen molar-refractivity contribution in [3.8, 4) is 0 Å². The smallest absolute Gasteiger partial charge is 0.255 e. The van der Waals surface area contributed by atoms with E-state index in [1.54, 1.807) is 22.9 Å². The SMILES string of the molecule is CC(C)n1nnc2cc(C(=O)Nc3ccc(F)cc3Cl)ccc21. The van der Waals surface area contributed by atoms with Gasteiger partial charge in [0.25, 0.3) is 5.91 Å². The number of nitrogens with one attached hydrogen (secondary N) is 1. The molecular weight excluding hydrogens is 319 g/mol. The molecular formula is C16H14ClFN4O. The molecule has 118 valence electrons. The largest absolute Gasteiger partial charge is 0.321 e. The predicted molar refractivity (Wildman–Crippen MR) is 87.3 cm³/mol. The molecule has 2 aromatic carbocycles. The topological polar surface area (TPSA) is 59.8 Å². The molecule has 0 atom stereocenters. The first-order chi connectivity index (χ1) is 11.0. The summed E-state index contributed by atoms with van der Waals surface area (Å²) in [6.45, 7) is 4.01. The van der Waals surface area contributed by atoms with Gasteiger partial charge in [0.2, 0.25) is 0 Å². The monoisotopic (exact) mass is 332 g/mol. The average Bonchev–Trinajstić information content (AvgIpc) is 2.93. The van der Waals surface area contributed by atoms with Crippen LogP contribution in [0.15, 0.2) is 36.4 Å². The van der Waals surface area contributed by atoms with Crippen LogP contribution in [0.4, 0.5) is 10.1 Å². The number of aromatic nitrogens is 3. The second-order valence-corrected chi connectivity index (χ2v) is 5.82. The molecule has 1 N–H and O–H groups in total. The summed E-state index contributed by atoms with van der Waals surface area (Å²) in [5.41, 5.74) is 2.27. The number of nitrogens with zero attached hydrogens (tertiary/aromatic N) is 3. The van der Waals surface area contributed by atoms with Crippen molar-refractivity contribution >= 4 is 34.2 Å². The van der Waals surface area contributed by atoms with Gasteiger partial charge in [-0.1, -0.05) is 16.8 Å². The van der Waals surface area contributed by atoms with E-state index in [9.17, 15) is 9.18 Å². The molecule has 0 radical (unpaired) electrons. The molecule has 23 heavy (non-hydrogen) atoms. The zero-order valence-corrected chi connectivity index (χ0v) is 13.3. The molecule has 7 heteroatoms. The summed E-state index contributed by atoms with van der Waals surface area (Å²) in [5, 5.41) is 11.0. The summed E-state index contributed by atoms with van der Waals surface area (Å²) in [5.74, 6) is -0.806. The molecule has 0 unspecified atom stereocenters. The Balaban J connectivity index is 1.89. The van der Waals surface area contributed by atoms with Crippen LogP contribution in [0.5, 0.6) is 0 Å². The van der Waals surface area contributed by atoms with E-state index >= 15 is 0 Å². The van der Waals surface area contributed by atoms with E-state index in [1.165, 1.54) is 12.1 Å². The van der Waals surface area contributed by atoms with E-state index in [2.05, 4.69) is 15.6 Å². The van der Waals surface area contributed by atoms with Crippen molar-refractivity contribution in [3.63, 3.8) is 0 Å². The Labute approximate surface area is 137 Å². The molecule has 0 saturated heterocycles. The molecule has 1 heterocycles. The van der Waals surface area contributed by atoms with Crippen molar-refractivity contribution in [3.05, 3.63) is 52.8 Å². The Morgan fingerprint density at radius 2 is 2.04 bits per heavy atom. The Kier molecular flexibility index (Phi) is 4.00. The molecule has 0 aliphatic heterocycles. The summed E-state index contributed by atoms with van der Waals surface area (Å²) < 4.78 is 14.8. The number of hydrogen-bond acceptors (Lipinski definition) is 3.